The summed E-state index contributed by atoms with van der Waals surface area (Å²) in [4.78, 5) is 0. The van der Waals surface area contributed by atoms with Crippen LogP contribution in [0.5, 0.6) is 0 Å². The van der Waals surface area contributed by atoms with Crippen LogP contribution in [0.1, 0.15) is 19.8 Å². The maximum Gasteiger partial charge on any atom is 0.0945 e. The molecule has 0 fully saturated rings. The molecule has 0 saturated heterocycles. The molecule has 21 heavy (non-hydrogen) atoms. The van der Waals surface area contributed by atoms with Gasteiger partial charge in [0.2, 0.25) is 0 Å². The molecule has 0 aliphatic carbocycles. The van der Waals surface area contributed by atoms with Crippen molar-refractivity contribution in [2.24, 2.45) is 0 Å². The maximum atomic E-state index is 9.83. The topological polar surface area (TPSA) is 50.7 Å². The van der Waals surface area contributed by atoms with Crippen LogP contribution >= 0.6 is 27.5 Å². The highest BCUT2D eigenvalue weighted by Gasteiger charge is 2.07. The van der Waals surface area contributed by atoms with Crippen molar-refractivity contribution in [3.05, 3.63) is 27.7 Å². The lowest BCUT2D eigenvalue weighted by Crippen LogP contribution is -2.25. The smallest absolute Gasteiger partial charge is 0.0945 e. The predicted molar refractivity (Wildman–Crippen MR) is 90.2 cm³/mol. The van der Waals surface area contributed by atoms with Gasteiger partial charge in [-0.15, -0.1) is 0 Å². The van der Waals surface area contributed by atoms with Crippen LogP contribution in [0.25, 0.3) is 0 Å². The standard InChI is InChI=1S/C15H23BrClNO3/c1-2-3-7-20-8-9-21-11-12(19)10-18-14-6-4-5-13(17)15(14)16/h4-6,12,18-19H,2-3,7-11H2,1H3. The van der Waals surface area contributed by atoms with Gasteiger partial charge in [0, 0.05) is 13.2 Å². The number of nitrogens with one attached hydrogen (secondary N) is 1. The van der Waals surface area contributed by atoms with Crippen molar-refractivity contribution in [1.82, 2.24) is 0 Å². The molecule has 0 aliphatic rings. The average Bonchev–Trinajstić information content (AvgIpc) is 2.48. The third kappa shape index (κ3) is 8.02. The molecule has 0 aromatic heterocycles. The Balaban J connectivity index is 2.11. The molecule has 1 aromatic carbocycles. The first-order valence-corrected chi connectivity index (χ1v) is 8.33. The predicted octanol–water partition coefficient (Wildman–Crippen LogP) is 3.71. The fourth-order valence-corrected chi connectivity index (χ4v) is 2.19. The molecule has 1 aromatic rings. The van der Waals surface area contributed by atoms with Gasteiger partial charge in [-0.05, 0) is 34.5 Å². The second kappa shape index (κ2) is 11.3. The van der Waals surface area contributed by atoms with Gasteiger partial charge in [-0.1, -0.05) is 31.0 Å². The Hall–Kier alpha value is -0.330. The van der Waals surface area contributed by atoms with Crippen molar-refractivity contribution in [2.45, 2.75) is 25.9 Å². The fraction of sp³-hybridized carbons (Fsp3) is 0.600. The van der Waals surface area contributed by atoms with Crippen molar-refractivity contribution < 1.29 is 14.6 Å². The van der Waals surface area contributed by atoms with E-state index in [1.54, 1.807) is 6.07 Å². The van der Waals surface area contributed by atoms with Crippen LogP contribution in [0.2, 0.25) is 5.02 Å². The molecule has 0 radical (unpaired) electrons. The minimum Gasteiger partial charge on any atom is -0.389 e. The minimum atomic E-state index is -0.577. The first-order chi connectivity index (χ1) is 10.1. The van der Waals surface area contributed by atoms with E-state index in [0.29, 0.717) is 24.8 Å². The Labute approximate surface area is 139 Å². The van der Waals surface area contributed by atoms with Crippen LogP contribution in [0, 0.1) is 0 Å². The van der Waals surface area contributed by atoms with Gasteiger partial charge in [-0.3, -0.25) is 0 Å². The molecule has 0 heterocycles. The summed E-state index contributed by atoms with van der Waals surface area (Å²) in [7, 11) is 0. The van der Waals surface area contributed by atoms with E-state index in [4.69, 9.17) is 21.1 Å². The quantitative estimate of drug-likeness (QED) is 0.575. The lowest BCUT2D eigenvalue weighted by Gasteiger charge is -2.14. The van der Waals surface area contributed by atoms with E-state index in [1.807, 2.05) is 12.1 Å². The molecule has 1 rings (SSSR count). The maximum absolute atomic E-state index is 9.83. The Bertz CT molecular complexity index is 407. The van der Waals surface area contributed by atoms with Gasteiger partial charge in [0.25, 0.3) is 0 Å². The molecule has 4 nitrogen and oxygen atoms in total. The molecule has 2 N–H and O–H groups in total. The number of anilines is 1. The molecule has 0 bridgehead atoms. The van der Waals surface area contributed by atoms with Crippen LogP contribution in [-0.2, 0) is 9.47 Å². The van der Waals surface area contributed by atoms with Crippen LogP contribution in [-0.4, -0.2) is 44.2 Å². The Morgan fingerprint density at radius 2 is 2.05 bits per heavy atom. The highest BCUT2D eigenvalue weighted by Crippen LogP contribution is 2.29. The number of halogens is 2. The summed E-state index contributed by atoms with van der Waals surface area (Å²) < 4.78 is 11.5. The summed E-state index contributed by atoms with van der Waals surface area (Å²) in [6, 6.07) is 5.55. The van der Waals surface area contributed by atoms with Gasteiger partial charge < -0.3 is 19.9 Å². The number of ether oxygens (including phenoxy) is 2. The number of hydrogen-bond acceptors (Lipinski definition) is 4. The Morgan fingerprint density at radius 3 is 2.81 bits per heavy atom. The zero-order valence-electron chi connectivity index (χ0n) is 12.3. The third-order valence-corrected chi connectivity index (χ3v) is 4.20. The van der Waals surface area contributed by atoms with Gasteiger partial charge in [-0.25, -0.2) is 0 Å². The lowest BCUT2D eigenvalue weighted by molar-refractivity contribution is 0.00749. The van der Waals surface area contributed by atoms with Crippen molar-refractivity contribution in [1.29, 1.82) is 0 Å². The molecular formula is C15H23BrClNO3. The number of hydrogen-bond donors (Lipinski definition) is 2. The summed E-state index contributed by atoms with van der Waals surface area (Å²) in [5.74, 6) is 0. The molecular weight excluding hydrogens is 358 g/mol. The fourth-order valence-electron chi connectivity index (χ4n) is 1.61. The summed E-state index contributed by atoms with van der Waals surface area (Å²) in [6.07, 6.45) is 1.62. The third-order valence-electron chi connectivity index (χ3n) is 2.80. The minimum absolute atomic E-state index is 0.280. The van der Waals surface area contributed by atoms with E-state index in [9.17, 15) is 5.11 Å². The van der Waals surface area contributed by atoms with Gasteiger partial charge in [0.1, 0.15) is 0 Å². The summed E-state index contributed by atoms with van der Waals surface area (Å²) in [5.41, 5.74) is 0.851. The largest absolute Gasteiger partial charge is 0.389 e. The van der Waals surface area contributed by atoms with Crippen LogP contribution < -0.4 is 5.32 Å². The number of benzene rings is 1. The van der Waals surface area contributed by atoms with E-state index < -0.39 is 6.10 Å². The molecule has 1 atom stereocenters. The number of unbranched alkanes of at least 4 members (excludes halogenated alkanes) is 1. The van der Waals surface area contributed by atoms with Crippen LogP contribution in [0.4, 0.5) is 5.69 Å². The first kappa shape index (κ1) is 18.7. The normalized spacial score (nSPS) is 12.4. The van der Waals surface area contributed by atoms with Crippen molar-refractivity contribution in [2.75, 3.05) is 38.3 Å². The van der Waals surface area contributed by atoms with Gasteiger partial charge in [-0.2, -0.15) is 0 Å². The van der Waals surface area contributed by atoms with E-state index in [2.05, 4.69) is 28.2 Å². The molecule has 120 valence electrons. The van der Waals surface area contributed by atoms with Crippen molar-refractivity contribution in [3.63, 3.8) is 0 Å². The van der Waals surface area contributed by atoms with Gasteiger partial charge in [0.05, 0.1) is 41.1 Å². The molecule has 0 amide bonds. The van der Waals surface area contributed by atoms with E-state index in [-0.39, 0.29) is 6.61 Å². The second-order valence-corrected chi connectivity index (χ2v) is 5.88. The van der Waals surface area contributed by atoms with E-state index in [1.165, 1.54) is 0 Å². The average molecular weight is 381 g/mol. The van der Waals surface area contributed by atoms with Crippen molar-refractivity contribution >= 4 is 33.2 Å². The highest BCUT2D eigenvalue weighted by atomic mass is 79.9. The van der Waals surface area contributed by atoms with Crippen molar-refractivity contribution in [3.8, 4) is 0 Å². The van der Waals surface area contributed by atoms with Gasteiger partial charge >= 0.3 is 0 Å². The Morgan fingerprint density at radius 1 is 1.29 bits per heavy atom. The molecule has 0 spiro atoms. The summed E-state index contributed by atoms with van der Waals surface area (Å²) >= 11 is 9.40. The molecule has 0 saturated carbocycles. The molecule has 0 aliphatic heterocycles. The SMILES string of the molecule is CCCCOCCOCC(O)CNc1cccc(Cl)c1Br. The molecule has 1 unspecified atom stereocenters. The van der Waals surface area contributed by atoms with E-state index >= 15 is 0 Å². The zero-order chi connectivity index (χ0) is 15.5. The monoisotopic (exact) mass is 379 g/mol. The highest BCUT2D eigenvalue weighted by molar-refractivity contribution is 9.10. The van der Waals surface area contributed by atoms with E-state index in [0.717, 1.165) is 29.6 Å². The molecule has 6 heteroatoms. The summed E-state index contributed by atoms with van der Waals surface area (Å²) in [6.45, 7) is 4.65. The number of aliphatic hydroxyl groups excluding tert-OH is 1. The van der Waals surface area contributed by atoms with Crippen LogP contribution in [0.3, 0.4) is 0 Å². The second-order valence-electron chi connectivity index (χ2n) is 4.68. The zero-order valence-corrected chi connectivity index (χ0v) is 14.6. The lowest BCUT2D eigenvalue weighted by atomic mass is 10.3. The Kier molecular flexibility index (Phi) is 10.0. The van der Waals surface area contributed by atoms with Crippen LogP contribution in [0.15, 0.2) is 22.7 Å². The number of aliphatic hydroxyl groups is 1. The first-order valence-electron chi connectivity index (χ1n) is 7.16. The number of rotatable bonds is 11. The summed E-state index contributed by atoms with van der Waals surface area (Å²) in [5, 5.41) is 13.6. The van der Waals surface area contributed by atoms with Gasteiger partial charge in [0.15, 0.2) is 0 Å².